The minimum absolute atomic E-state index is 0.107. The smallest absolute Gasteiger partial charge is 0.198 e. The molecule has 1 saturated carbocycles. The summed E-state index contributed by atoms with van der Waals surface area (Å²) in [4.78, 5) is 0. The van der Waals surface area contributed by atoms with Crippen molar-refractivity contribution in [1.82, 2.24) is 0 Å². The summed E-state index contributed by atoms with van der Waals surface area (Å²) in [6.07, 6.45) is 5.68. The second-order valence-corrected chi connectivity index (χ2v) is 6.48. The van der Waals surface area contributed by atoms with Crippen molar-refractivity contribution in [1.29, 1.82) is 0 Å². The monoisotopic (exact) mass is 246 g/mol. The third-order valence-corrected chi connectivity index (χ3v) is 4.64. The van der Waals surface area contributed by atoms with Gasteiger partial charge in [0.25, 0.3) is 0 Å². The Labute approximate surface area is 109 Å². The molecule has 3 aliphatic rings. The van der Waals surface area contributed by atoms with Crippen molar-refractivity contribution in [2.24, 2.45) is 34.7 Å². The summed E-state index contributed by atoms with van der Waals surface area (Å²) >= 11 is 0. The number of fused-ring (bicyclic) bond motifs is 5. The molecule has 0 aromatic carbocycles. The van der Waals surface area contributed by atoms with E-state index in [-0.39, 0.29) is 11.8 Å². The van der Waals surface area contributed by atoms with Crippen molar-refractivity contribution in [3.63, 3.8) is 0 Å². The Morgan fingerprint density at radius 1 is 1.22 bits per heavy atom. The van der Waals surface area contributed by atoms with Crippen molar-refractivity contribution >= 4 is 11.6 Å². The van der Waals surface area contributed by atoms with E-state index in [1.807, 2.05) is 0 Å². The van der Waals surface area contributed by atoms with E-state index < -0.39 is 0 Å². The van der Waals surface area contributed by atoms with Gasteiger partial charge in [0.1, 0.15) is 0 Å². The van der Waals surface area contributed by atoms with Crippen molar-refractivity contribution in [3.05, 3.63) is 12.2 Å². The molecule has 0 radical (unpaired) electrons. The van der Waals surface area contributed by atoms with E-state index >= 15 is 0 Å². The predicted octanol–water partition coefficient (Wildman–Crippen LogP) is 1.63. The maximum Gasteiger partial charge on any atom is 0.198 e. The molecule has 0 aromatic rings. The number of hydrogen-bond acceptors (Lipinski definition) is 2. The molecule has 2 bridgehead atoms. The Hall–Kier alpha value is -1.12. The highest BCUT2D eigenvalue weighted by Gasteiger charge is 2.56. The van der Waals surface area contributed by atoms with Crippen molar-refractivity contribution < 1.29 is 9.79 Å². The van der Waals surface area contributed by atoms with Crippen molar-refractivity contribution in [2.45, 2.75) is 40.2 Å². The molecule has 1 fully saturated rings. The Kier molecular flexibility index (Phi) is 2.61. The summed E-state index contributed by atoms with van der Waals surface area (Å²) < 4.78 is 2.09. The van der Waals surface area contributed by atoms with Crippen LogP contribution < -0.4 is 5.11 Å². The van der Waals surface area contributed by atoms with Gasteiger partial charge in [-0.15, -0.1) is 0 Å². The zero-order valence-electron chi connectivity index (χ0n) is 11.6. The van der Waals surface area contributed by atoms with Crippen LogP contribution in [0.1, 0.15) is 34.1 Å². The third-order valence-electron chi connectivity index (χ3n) is 4.64. The molecule has 0 aromatic heterocycles. The first-order chi connectivity index (χ1) is 8.50. The SMILES string of the molecule is CC(C)C(C(C)C)=[N+]1N=C([O-])[C@@H]2[C@H]1[C@H]1C=C[C@@H]2C1. The Morgan fingerprint density at radius 2 is 1.83 bits per heavy atom. The van der Waals surface area contributed by atoms with Crippen LogP contribution in [-0.4, -0.2) is 22.3 Å². The van der Waals surface area contributed by atoms with Gasteiger partial charge in [0.2, 0.25) is 0 Å². The average molecular weight is 246 g/mol. The van der Waals surface area contributed by atoms with Gasteiger partial charge >= 0.3 is 0 Å². The number of allylic oxidation sites excluding steroid dienone is 1. The Bertz CT molecular complexity index is 449. The zero-order chi connectivity index (χ0) is 13.0. The maximum absolute atomic E-state index is 12.2. The van der Waals surface area contributed by atoms with Gasteiger partial charge < -0.3 is 5.11 Å². The summed E-state index contributed by atoms with van der Waals surface area (Å²) in [5.74, 6) is 2.11. The molecule has 2 aliphatic carbocycles. The number of hydrogen-bond donors (Lipinski definition) is 0. The quantitative estimate of drug-likeness (QED) is 0.539. The Morgan fingerprint density at radius 3 is 2.44 bits per heavy atom. The van der Waals surface area contributed by atoms with Crippen LogP contribution in [0, 0.1) is 29.6 Å². The molecule has 4 atom stereocenters. The van der Waals surface area contributed by atoms with Crippen LogP contribution in [0.5, 0.6) is 0 Å². The molecule has 3 heteroatoms. The molecule has 1 heterocycles. The molecule has 0 saturated heterocycles. The summed E-state index contributed by atoms with van der Waals surface area (Å²) in [5.41, 5.74) is 1.32. The van der Waals surface area contributed by atoms with E-state index in [0.29, 0.717) is 29.7 Å². The van der Waals surface area contributed by atoms with Crippen molar-refractivity contribution in [2.75, 3.05) is 0 Å². The fourth-order valence-corrected chi connectivity index (χ4v) is 4.12. The highest BCUT2D eigenvalue weighted by Crippen LogP contribution is 2.47. The highest BCUT2D eigenvalue weighted by molar-refractivity contribution is 5.85. The van der Waals surface area contributed by atoms with Gasteiger partial charge in [-0.1, -0.05) is 44.5 Å². The minimum Gasteiger partial charge on any atom is -0.857 e. The van der Waals surface area contributed by atoms with Gasteiger partial charge in [0.05, 0.1) is 5.92 Å². The highest BCUT2D eigenvalue weighted by atomic mass is 16.3. The van der Waals surface area contributed by atoms with Gasteiger partial charge in [-0.25, -0.2) is 0 Å². The third kappa shape index (κ3) is 1.49. The molecule has 18 heavy (non-hydrogen) atoms. The maximum atomic E-state index is 12.2. The van der Waals surface area contributed by atoms with Crippen LogP contribution in [0.4, 0.5) is 0 Å². The molecular weight excluding hydrogens is 224 g/mol. The van der Waals surface area contributed by atoms with Gasteiger partial charge in [0.15, 0.2) is 11.8 Å². The lowest BCUT2D eigenvalue weighted by Crippen LogP contribution is -2.39. The summed E-state index contributed by atoms with van der Waals surface area (Å²) in [6, 6.07) is 0.312. The Balaban J connectivity index is 2.08. The second kappa shape index (κ2) is 3.94. The molecule has 0 amide bonds. The number of hydrazone groups is 1. The van der Waals surface area contributed by atoms with Crippen molar-refractivity contribution in [3.8, 4) is 0 Å². The predicted molar refractivity (Wildman–Crippen MR) is 70.4 cm³/mol. The second-order valence-electron chi connectivity index (χ2n) is 6.48. The molecule has 0 spiro atoms. The lowest BCUT2D eigenvalue weighted by molar-refractivity contribution is -0.574. The average Bonchev–Trinajstić information content (AvgIpc) is 2.91. The van der Waals surface area contributed by atoms with Gasteiger partial charge in [-0.2, -0.15) is 0 Å². The van der Waals surface area contributed by atoms with Gasteiger partial charge in [-0.05, 0) is 17.4 Å². The molecule has 0 unspecified atom stereocenters. The van der Waals surface area contributed by atoms with Crippen LogP contribution in [0.2, 0.25) is 0 Å². The van der Waals surface area contributed by atoms with E-state index in [9.17, 15) is 5.11 Å². The molecule has 1 aliphatic heterocycles. The molecule has 3 nitrogen and oxygen atoms in total. The van der Waals surface area contributed by atoms with Gasteiger partial charge in [-0.3, -0.25) is 0 Å². The first kappa shape index (κ1) is 11.9. The lowest BCUT2D eigenvalue weighted by atomic mass is 9.88. The molecule has 3 rings (SSSR count). The molecular formula is C15H22N2O. The largest absolute Gasteiger partial charge is 0.857 e. The first-order valence-electron chi connectivity index (χ1n) is 7.10. The van der Waals surface area contributed by atoms with Crippen LogP contribution >= 0.6 is 0 Å². The van der Waals surface area contributed by atoms with E-state index in [1.54, 1.807) is 0 Å². The van der Waals surface area contributed by atoms with E-state index in [2.05, 4.69) is 49.6 Å². The summed E-state index contributed by atoms with van der Waals surface area (Å²) in [7, 11) is 0. The van der Waals surface area contributed by atoms with Crippen LogP contribution in [0.3, 0.4) is 0 Å². The van der Waals surface area contributed by atoms with Crippen LogP contribution in [0.15, 0.2) is 17.3 Å². The molecule has 0 N–H and O–H groups in total. The summed E-state index contributed by atoms with van der Waals surface area (Å²) in [6.45, 7) is 8.80. The normalized spacial score (nSPS) is 36.8. The standard InChI is InChI=1S/C15H22N2O/c1-8(2)13(9(3)4)17-14-11-6-5-10(7-11)12(14)15(18)16-17/h5-6,8-12,14H,7H2,1-4H3/t10-,11+,12+,14-/m1/s1. The van der Waals surface area contributed by atoms with Gasteiger partial charge in [0, 0.05) is 23.7 Å². The van der Waals surface area contributed by atoms with E-state index in [0.717, 1.165) is 6.42 Å². The topological polar surface area (TPSA) is 38.4 Å². The van der Waals surface area contributed by atoms with Crippen LogP contribution in [0.25, 0.3) is 0 Å². The molecule has 98 valence electrons. The van der Waals surface area contributed by atoms with E-state index in [4.69, 9.17) is 0 Å². The minimum atomic E-state index is 0.107. The fourth-order valence-electron chi connectivity index (χ4n) is 4.12. The summed E-state index contributed by atoms with van der Waals surface area (Å²) in [5, 5.41) is 16.5. The number of rotatable bonds is 2. The number of nitrogens with zero attached hydrogens (tertiary/aromatic N) is 2. The van der Waals surface area contributed by atoms with E-state index in [1.165, 1.54) is 5.71 Å². The first-order valence-corrected chi connectivity index (χ1v) is 7.10. The fraction of sp³-hybridized carbons (Fsp3) is 0.733. The van der Waals surface area contributed by atoms with Crippen LogP contribution in [-0.2, 0) is 0 Å². The zero-order valence-corrected chi connectivity index (χ0v) is 11.6. The lowest BCUT2D eigenvalue weighted by Gasteiger charge is -2.20.